The van der Waals surface area contributed by atoms with Crippen LogP contribution in [-0.4, -0.2) is 33.7 Å². The highest BCUT2D eigenvalue weighted by molar-refractivity contribution is 7.80. The fourth-order valence-electron chi connectivity index (χ4n) is 3.84. The summed E-state index contributed by atoms with van der Waals surface area (Å²) in [6.07, 6.45) is 13.0. The van der Waals surface area contributed by atoms with E-state index in [1.165, 1.54) is 63.5 Å². The molecular weight excluding hydrogens is 450 g/mol. The summed E-state index contributed by atoms with van der Waals surface area (Å²) < 4.78 is 5.34. The maximum Gasteiger partial charge on any atom is 0.412 e. The molecule has 0 aliphatic rings. The minimum absolute atomic E-state index is 0.176. The first-order valence-electron chi connectivity index (χ1n) is 12.4. The second-order valence-electron chi connectivity index (χ2n) is 8.69. The van der Waals surface area contributed by atoms with E-state index in [2.05, 4.69) is 17.9 Å². The number of carbonyl (C=O) groups is 1. The first kappa shape index (κ1) is 27.7. The summed E-state index contributed by atoms with van der Waals surface area (Å²) in [6.45, 7) is 0.323. The van der Waals surface area contributed by atoms with E-state index >= 15 is 0 Å². The van der Waals surface area contributed by atoms with Gasteiger partial charge in [-0.3, -0.25) is 0 Å². The molecule has 0 saturated carbocycles. The Hall–Kier alpha value is -2.54. The molecule has 188 valence electrons. The van der Waals surface area contributed by atoms with Crippen molar-refractivity contribution in [3.8, 4) is 23.0 Å². The lowest BCUT2D eigenvalue weighted by atomic mass is 10.0. The molecular formula is C27H39NO5S. The highest BCUT2D eigenvalue weighted by Gasteiger charge is 2.09. The molecule has 4 N–H and O–H groups in total. The highest BCUT2D eigenvalue weighted by Crippen LogP contribution is 2.26. The van der Waals surface area contributed by atoms with Gasteiger partial charge in [-0.2, -0.15) is 12.6 Å². The van der Waals surface area contributed by atoms with Crippen LogP contribution in [0.15, 0.2) is 36.4 Å². The van der Waals surface area contributed by atoms with Gasteiger partial charge >= 0.3 is 6.09 Å². The van der Waals surface area contributed by atoms with Crippen molar-refractivity contribution >= 4 is 18.7 Å². The number of benzene rings is 2. The van der Waals surface area contributed by atoms with Crippen LogP contribution in [0.25, 0.3) is 0 Å². The molecule has 2 aromatic rings. The number of aryl methyl sites for hydroxylation is 1. The zero-order chi connectivity index (χ0) is 24.6. The second-order valence-corrected chi connectivity index (χ2v) is 9.14. The smallest absolute Gasteiger partial charge is 0.412 e. The minimum Gasteiger partial charge on any atom is -0.508 e. The van der Waals surface area contributed by atoms with Gasteiger partial charge in [0.05, 0.1) is 0 Å². The Labute approximate surface area is 208 Å². The molecule has 2 rings (SSSR count). The molecule has 1 amide bonds. The molecule has 34 heavy (non-hydrogen) atoms. The molecule has 0 atom stereocenters. The molecule has 0 fully saturated rings. The van der Waals surface area contributed by atoms with Crippen LogP contribution in [0.1, 0.15) is 75.3 Å². The van der Waals surface area contributed by atoms with Crippen molar-refractivity contribution in [3.63, 3.8) is 0 Å². The molecule has 0 aromatic heterocycles. The zero-order valence-electron chi connectivity index (χ0n) is 20.0. The van der Waals surface area contributed by atoms with E-state index in [0.717, 1.165) is 36.1 Å². The molecule has 0 radical (unpaired) electrons. The summed E-state index contributed by atoms with van der Waals surface area (Å²) in [4.78, 5) is 12.1. The fraction of sp³-hybridized carbons (Fsp3) is 0.519. The number of ether oxygens (including phenoxy) is 1. The van der Waals surface area contributed by atoms with Gasteiger partial charge in [0.15, 0.2) is 11.5 Å². The summed E-state index contributed by atoms with van der Waals surface area (Å²) in [5.41, 5.74) is 1.57. The number of aromatic hydroxyl groups is 3. The second kappa shape index (κ2) is 16.1. The van der Waals surface area contributed by atoms with Crippen molar-refractivity contribution in [2.75, 3.05) is 12.3 Å². The van der Waals surface area contributed by atoms with E-state index in [1.54, 1.807) is 24.3 Å². The Kier molecular flexibility index (Phi) is 13.2. The van der Waals surface area contributed by atoms with Crippen LogP contribution in [0.3, 0.4) is 0 Å². The lowest BCUT2D eigenvalue weighted by Crippen LogP contribution is -2.28. The Bertz CT molecular complexity index is 874. The summed E-state index contributed by atoms with van der Waals surface area (Å²) in [6, 6.07) is 9.41. The van der Waals surface area contributed by atoms with Crippen LogP contribution < -0.4 is 10.1 Å². The topological polar surface area (TPSA) is 99.0 Å². The Morgan fingerprint density at radius 1 is 0.735 bits per heavy atom. The SMILES string of the molecule is O=C(NCCc1ccc(O)c(O)c1)Oc1ccc(O)c(CCCCCCCCCCCCS)c1. The lowest BCUT2D eigenvalue weighted by molar-refractivity contribution is 0.200. The van der Waals surface area contributed by atoms with E-state index < -0.39 is 6.09 Å². The van der Waals surface area contributed by atoms with E-state index in [9.17, 15) is 20.1 Å². The molecule has 0 aliphatic carbocycles. The number of phenols is 3. The number of unbranched alkanes of at least 4 members (excludes halogenated alkanes) is 9. The van der Waals surface area contributed by atoms with E-state index in [0.29, 0.717) is 18.7 Å². The summed E-state index contributed by atoms with van der Waals surface area (Å²) in [5.74, 6) is 1.25. The Morgan fingerprint density at radius 2 is 1.35 bits per heavy atom. The van der Waals surface area contributed by atoms with Gasteiger partial charge in [-0.25, -0.2) is 4.79 Å². The van der Waals surface area contributed by atoms with Gasteiger partial charge in [0.25, 0.3) is 0 Å². The predicted molar refractivity (Wildman–Crippen MR) is 139 cm³/mol. The minimum atomic E-state index is -0.578. The van der Waals surface area contributed by atoms with Gasteiger partial charge in [0.2, 0.25) is 0 Å². The van der Waals surface area contributed by atoms with Gasteiger partial charge in [-0.15, -0.1) is 0 Å². The molecule has 0 spiro atoms. The van der Waals surface area contributed by atoms with E-state index in [4.69, 9.17) is 4.74 Å². The van der Waals surface area contributed by atoms with Gasteiger partial charge in [0.1, 0.15) is 11.5 Å². The van der Waals surface area contributed by atoms with Crippen LogP contribution in [0, 0.1) is 0 Å². The van der Waals surface area contributed by atoms with Gasteiger partial charge in [-0.05, 0) is 72.9 Å². The number of thiol groups is 1. The third-order valence-electron chi connectivity index (χ3n) is 5.84. The summed E-state index contributed by atoms with van der Waals surface area (Å²) in [5, 5.41) is 31.7. The van der Waals surface area contributed by atoms with Crippen molar-refractivity contribution < 1.29 is 24.9 Å². The zero-order valence-corrected chi connectivity index (χ0v) is 20.9. The number of hydrogen-bond donors (Lipinski definition) is 5. The van der Waals surface area contributed by atoms with Gasteiger partial charge in [0, 0.05) is 6.54 Å². The van der Waals surface area contributed by atoms with Crippen LogP contribution in [0.2, 0.25) is 0 Å². The molecule has 0 saturated heterocycles. The third-order valence-corrected chi connectivity index (χ3v) is 6.15. The largest absolute Gasteiger partial charge is 0.508 e. The van der Waals surface area contributed by atoms with Crippen molar-refractivity contribution in [1.29, 1.82) is 0 Å². The Morgan fingerprint density at radius 3 is 2.00 bits per heavy atom. The average Bonchev–Trinajstić information content (AvgIpc) is 2.81. The summed E-state index contributed by atoms with van der Waals surface area (Å²) >= 11 is 4.24. The molecule has 7 heteroatoms. The first-order chi connectivity index (χ1) is 16.5. The lowest BCUT2D eigenvalue weighted by Gasteiger charge is -2.10. The summed E-state index contributed by atoms with van der Waals surface area (Å²) in [7, 11) is 0. The molecule has 2 aromatic carbocycles. The molecule has 0 aliphatic heterocycles. The maximum absolute atomic E-state index is 12.1. The monoisotopic (exact) mass is 489 g/mol. The van der Waals surface area contributed by atoms with Crippen LogP contribution >= 0.6 is 12.6 Å². The molecule has 6 nitrogen and oxygen atoms in total. The Balaban J connectivity index is 1.62. The molecule has 0 unspecified atom stereocenters. The molecule has 0 bridgehead atoms. The quantitative estimate of drug-likeness (QED) is 0.105. The van der Waals surface area contributed by atoms with Gasteiger partial charge < -0.3 is 25.4 Å². The molecule has 0 heterocycles. The van der Waals surface area contributed by atoms with Crippen molar-refractivity contribution in [3.05, 3.63) is 47.5 Å². The number of rotatable bonds is 16. The number of nitrogens with one attached hydrogen (secondary N) is 1. The van der Waals surface area contributed by atoms with Gasteiger partial charge in [-0.1, -0.05) is 57.4 Å². The van der Waals surface area contributed by atoms with Crippen LogP contribution in [0.5, 0.6) is 23.0 Å². The first-order valence-corrected chi connectivity index (χ1v) is 13.0. The van der Waals surface area contributed by atoms with Crippen molar-refractivity contribution in [2.24, 2.45) is 0 Å². The number of phenolic OH excluding ortho intramolecular Hbond substituents is 3. The number of hydrogen-bond acceptors (Lipinski definition) is 6. The van der Waals surface area contributed by atoms with E-state index in [1.807, 2.05) is 0 Å². The maximum atomic E-state index is 12.1. The van der Waals surface area contributed by atoms with Crippen molar-refractivity contribution in [2.45, 2.75) is 77.0 Å². The number of amides is 1. The third kappa shape index (κ3) is 11.1. The predicted octanol–water partition coefficient (Wildman–Crippen LogP) is 6.51. The van der Waals surface area contributed by atoms with Crippen LogP contribution in [0.4, 0.5) is 4.79 Å². The van der Waals surface area contributed by atoms with Crippen molar-refractivity contribution in [1.82, 2.24) is 5.32 Å². The average molecular weight is 490 g/mol. The number of carbonyl (C=O) groups excluding carboxylic acids is 1. The normalized spacial score (nSPS) is 10.9. The van der Waals surface area contributed by atoms with E-state index in [-0.39, 0.29) is 17.2 Å². The van der Waals surface area contributed by atoms with Crippen LogP contribution in [-0.2, 0) is 12.8 Å². The fourth-order valence-corrected chi connectivity index (χ4v) is 4.07. The standard InChI is InChI=1S/C27H39NO5S/c29-24-15-13-23(33-27(32)28-17-16-21-12-14-25(30)26(31)19-21)20-22(24)11-9-7-5-3-1-2-4-6-8-10-18-34/h12-15,19-20,29-31,34H,1-11,16-18H2,(H,28,32). The highest BCUT2D eigenvalue weighted by atomic mass is 32.1.